The second kappa shape index (κ2) is 16.1. The molecule has 5 aromatic carbocycles. The van der Waals surface area contributed by atoms with Gasteiger partial charge in [0, 0.05) is 50.5 Å². The van der Waals surface area contributed by atoms with Crippen LogP contribution in [0, 0.1) is 32.3 Å². The van der Waals surface area contributed by atoms with Gasteiger partial charge in [0.05, 0.1) is 11.4 Å². The summed E-state index contributed by atoms with van der Waals surface area (Å²) in [7, 11) is 0. The van der Waals surface area contributed by atoms with Crippen molar-refractivity contribution in [1.29, 1.82) is 0 Å². The van der Waals surface area contributed by atoms with Gasteiger partial charge in [0.1, 0.15) is 5.82 Å². The number of ether oxygens (including phenoxy) is 1. The zero-order valence-corrected chi connectivity index (χ0v) is 41.2. The van der Waals surface area contributed by atoms with E-state index in [-0.39, 0.29) is 42.7 Å². The van der Waals surface area contributed by atoms with Crippen LogP contribution < -0.4 is 9.30 Å². The van der Waals surface area contributed by atoms with Crippen LogP contribution in [-0.2, 0) is 42.7 Å². The summed E-state index contributed by atoms with van der Waals surface area (Å²) >= 11 is 0. The van der Waals surface area contributed by atoms with Gasteiger partial charge in [-0.05, 0) is 110 Å². The average molecular weight is 1000 g/mol. The van der Waals surface area contributed by atoms with Crippen LogP contribution in [-0.4, -0.2) is 14.1 Å². The van der Waals surface area contributed by atoms with Gasteiger partial charge in [0.15, 0.2) is 0 Å². The van der Waals surface area contributed by atoms with Crippen molar-refractivity contribution in [3.05, 3.63) is 161 Å². The second-order valence-corrected chi connectivity index (χ2v) is 20.9. The third-order valence-electron chi connectivity index (χ3n) is 11.9. The fourth-order valence-electron chi connectivity index (χ4n) is 8.25. The van der Waals surface area contributed by atoms with E-state index < -0.39 is 0 Å². The van der Waals surface area contributed by atoms with E-state index in [9.17, 15) is 0 Å². The average Bonchev–Trinajstić information content (AvgIpc) is 3.77. The topological polar surface area (TPSA) is 35.9 Å². The fourth-order valence-corrected chi connectivity index (χ4v) is 8.25. The Morgan fingerprint density at radius 2 is 1.24 bits per heavy atom. The summed E-state index contributed by atoms with van der Waals surface area (Å²) in [6, 6.07) is 42.3. The Morgan fingerprint density at radius 1 is 0.597 bits per heavy atom. The van der Waals surface area contributed by atoms with Gasteiger partial charge < -0.3 is 13.9 Å². The van der Waals surface area contributed by atoms with Crippen LogP contribution in [0.5, 0.6) is 11.5 Å². The maximum absolute atomic E-state index is 6.83. The van der Waals surface area contributed by atoms with Crippen molar-refractivity contribution < 1.29 is 30.4 Å². The van der Waals surface area contributed by atoms with Crippen molar-refractivity contribution >= 4 is 21.8 Å². The first-order chi connectivity index (χ1) is 28.6. The van der Waals surface area contributed by atoms with Crippen LogP contribution in [0.2, 0.25) is 0 Å². The van der Waals surface area contributed by atoms with Crippen LogP contribution in [0.3, 0.4) is 0 Å². The monoisotopic (exact) mass is 999 g/mol. The van der Waals surface area contributed by atoms with Crippen LogP contribution in [0.4, 0.5) is 0 Å². The summed E-state index contributed by atoms with van der Waals surface area (Å²) in [5.41, 5.74) is 13.4. The Bertz CT molecular complexity index is 2920. The van der Waals surface area contributed by atoms with E-state index in [1.54, 1.807) is 0 Å². The number of aromatic nitrogens is 4. The van der Waals surface area contributed by atoms with E-state index in [0.29, 0.717) is 11.5 Å². The molecule has 8 rings (SSSR count). The molecule has 0 fully saturated rings. The quantitative estimate of drug-likeness (QED) is 0.123. The molecule has 0 aliphatic carbocycles. The molecule has 0 radical (unpaired) electrons. The maximum Gasteiger partial charge on any atom is 0.267 e. The normalized spacial score (nSPS) is 12.5. The number of pyridine rings is 1. The molecule has 3 heterocycles. The van der Waals surface area contributed by atoms with Gasteiger partial charge in [-0.2, -0.15) is 17.7 Å². The van der Waals surface area contributed by atoms with Crippen LogP contribution in [0.25, 0.3) is 50.1 Å². The van der Waals surface area contributed by atoms with Crippen molar-refractivity contribution in [3.63, 3.8) is 0 Å². The number of hydrogen-bond acceptors (Lipinski definition) is 2. The predicted octanol–water partition coefficient (Wildman–Crippen LogP) is 13.9. The first-order valence-corrected chi connectivity index (χ1v) is 21.5. The Kier molecular flexibility index (Phi) is 11.7. The molecule has 0 aliphatic rings. The smallest absolute Gasteiger partial charge is 0.267 e. The molecule has 0 saturated carbocycles. The standard InChI is InChI=1S/C56H60N4O.Pt/c1-36-16-15-17-37(2)52(36)38-18-24-46-47-25-23-44(33-49(47)60(48(46)28-38)51-31-40(26-27-57-51)54(6,7)8)61-45-30-41(55(9,10)11)29-43(32-45)58-34-50(56(12,13)14)59(35-58)42-21-19-39(20-22-42)53(3,4)5;/h15-31,34H,1-14H3;/q-2;. The minimum absolute atomic E-state index is 0. The number of hydrogen-bond donors (Lipinski definition) is 0. The van der Waals surface area contributed by atoms with E-state index >= 15 is 0 Å². The van der Waals surface area contributed by atoms with Gasteiger partial charge in [-0.25, -0.2) is 4.98 Å². The summed E-state index contributed by atoms with van der Waals surface area (Å²) in [5, 5.41) is 2.22. The Morgan fingerprint density at radius 3 is 1.87 bits per heavy atom. The SMILES string of the molecule is Cc1cccc(C)c1-c1ccc2c3ccc(Oc4[c-]c(-n5[c-][n+](-c6ccc(C(C)(C)C)cc6)c(C(C)(C)C)c5)cc(C(C)(C)C)c4)[c-]c3n(-c3cc(C(C)(C)C)ccn3)c2c1.[Pt]. The van der Waals surface area contributed by atoms with E-state index in [1.807, 2.05) is 12.3 Å². The number of aryl methyl sites for hydroxylation is 2. The predicted molar refractivity (Wildman–Crippen MR) is 252 cm³/mol. The Labute approximate surface area is 384 Å². The molecule has 0 aliphatic heterocycles. The molecule has 5 nitrogen and oxygen atoms in total. The van der Waals surface area contributed by atoms with Gasteiger partial charge in [-0.1, -0.05) is 131 Å². The summed E-state index contributed by atoms with van der Waals surface area (Å²) in [4.78, 5) is 4.98. The van der Waals surface area contributed by atoms with Gasteiger partial charge in [0.2, 0.25) is 0 Å². The van der Waals surface area contributed by atoms with Crippen molar-refractivity contribution in [3.8, 4) is 39.8 Å². The van der Waals surface area contributed by atoms with Gasteiger partial charge in [0.25, 0.3) is 6.33 Å². The maximum atomic E-state index is 6.83. The number of benzene rings is 5. The van der Waals surface area contributed by atoms with Crippen molar-refractivity contribution in [2.24, 2.45) is 0 Å². The van der Waals surface area contributed by atoms with Crippen molar-refractivity contribution in [2.45, 2.75) is 119 Å². The van der Waals surface area contributed by atoms with Crippen LogP contribution in [0.15, 0.2) is 109 Å². The Hall–Kier alpha value is -5.25. The molecule has 0 saturated heterocycles. The van der Waals surface area contributed by atoms with Gasteiger partial charge >= 0.3 is 0 Å². The zero-order chi connectivity index (χ0) is 43.8. The van der Waals surface area contributed by atoms with Crippen molar-refractivity contribution in [2.75, 3.05) is 0 Å². The first-order valence-electron chi connectivity index (χ1n) is 21.5. The molecule has 0 N–H and O–H groups in total. The third kappa shape index (κ3) is 8.71. The third-order valence-corrected chi connectivity index (χ3v) is 11.9. The zero-order valence-electron chi connectivity index (χ0n) is 38.9. The summed E-state index contributed by atoms with van der Waals surface area (Å²) in [6.45, 7) is 31.3. The van der Waals surface area contributed by atoms with Crippen LogP contribution in [0.1, 0.15) is 117 Å². The number of rotatable bonds is 6. The molecule has 0 atom stereocenters. The number of fused-ring (bicyclic) bond motifs is 3. The molecule has 0 bridgehead atoms. The molecular formula is C56H60N4OPt-2. The molecule has 3 aromatic heterocycles. The number of imidazole rings is 1. The summed E-state index contributed by atoms with van der Waals surface area (Å²) < 4.78 is 13.3. The van der Waals surface area contributed by atoms with Gasteiger partial charge in [-0.3, -0.25) is 4.57 Å². The van der Waals surface area contributed by atoms with E-state index in [2.05, 4.69) is 226 Å². The van der Waals surface area contributed by atoms with Crippen molar-refractivity contribution in [1.82, 2.24) is 14.1 Å². The molecule has 62 heavy (non-hydrogen) atoms. The molecule has 0 spiro atoms. The molecule has 322 valence electrons. The summed E-state index contributed by atoms with van der Waals surface area (Å²) in [5.74, 6) is 2.07. The largest absolute Gasteiger partial charge is 0.510 e. The molecule has 0 amide bonds. The second-order valence-electron chi connectivity index (χ2n) is 20.9. The summed E-state index contributed by atoms with van der Waals surface area (Å²) in [6.07, 6.45) is 7.78. The Balaban J connectivity index is 0.00000578. The van der Waals surface area contributed by atoms with Crippen LogP contribution >= 0.6 is 0 Å². The van der Waals surface area contributed by atoms with E-state index in [0.717, 1.165) is 50.3 Å². The fraction of sp³-hybridized carbons (Fsp3) is 0.321. The van der Waals surface area contributed by atoms with E-state index in [4.69, 9.17) is 9.72 Å². The molecule has 6 heteroatoms. The van der Waals surface area contributed by atoms with Gasteiger partial charge in [-0.15, -0.1) is 29.7 Å². The minimum atomic E-state index is -0.155. The minimum Gasteiger partial charge on any atom is -0.510 e. The molecular weight excluding hydrogens is 940 g/mol. The number of nitrogens with zero attached hydrogens (tertiary/aromatic N) is 4. The molecule has 8 aromatic rings. The van der Waals surface area contributed by atoms with E-state index in [1.165, 1.54) is 33.4 Å². The first kappa shape index (κ1) is 44.8. The molecule has 0 unspecified atom stereocenters.